The van der Waals surface area contributed by atoms with Crippen molar-refractivity contribution in [1.29, 1.82) is 5.26 Å². The predicted octanol–water partition coefficient (Wildman–Crippen LogP) is 2.64. The first kappa shape index (κ1) is 14.7. The van der Waals surface area contributed by atoms with Crippen LogP contribution in [-0.4, -0.2) is 15.9 Å². The summed E-state index contributed by atoms with van der Waals surface area (Å²) in [7, 11) is 0. The number of amides is 1. The Hall–Kier alpha value is -3.27. The molecule has 2 N–H and O–H groups in total. The van der Waals surface area contributed by atoms with Gasteiger partial charge in [-0.1, -0.05) is 0 Å². The number of hydrogen-bond acceptors (Lipinski definition) is 3. The van der Waals surface area contributed by atoms with Crippen LogP contribution in [0, 0.1) is 23.0 Å². The number of nitrogens with zero attached hydrogens (tertiary/aromatic N) is 2. The first-order chi connectivity index (χ1) is 11.1. The fourth-order valence-corrected chi connectivity index (χ4v) is 2.24. The summed E-state index contributed by atoms with van der Waals surface area (Å²) in [5.41, 5.74) is 0.686. The minimum Gasteiger partial charge on any atom is -0.361 e. The molecule has 0 saturated carbocycles. The normalized spacial score (nSPS) is 10.5. The van der Waals surface area contributed by atoms with Crippen molar-refractivity contribution in [1.82, 2.24) is 15.3 Å². The minimum absolute atomic E-state index is 0.0696. The van der Waals surface area contributed by atoms with Crippen LogP contribution in [0.3, 0.4) is 0 Å². The number of rotatable bonds is 3. The smallest absolute Gasteiger partial charge is 0.273 e. The molecule has 0 radical (unpaired) electrons. The Bertz CT molecular complexity index is 943. The highest BCUT2D eigenvalue weighted by molar-refractivity contribution is 5.93. The fraction of sp³-hybridized carbons (Fsp3) is 0.0625. The van der Waals surface area contributed by atoms with Crippen molar-refractivity contribution in [3.8, 4) is 6.07 Å². The number of halogens is 2. The van der Waals surface area contributed by atoms with Crippen LogP contribution in [0.5, 0.6) is 0 Å². The molecule has 0 atom stereocenters. The number of pyridine rings is 1. The van der Waals surface area contributed by atoms with Gasteiger partial charge in [0.2, 0.25) is 0 Å². The number of aromatic amines is 1. The van der Waals surface area contributed by atoms with Gasteiger partial charge in [0, 0.05) is 29.8 Å². The van der Waals surface area contributed by atoms with Gasteiger partial charge in [-0.3, -0.25) is 4.79 Å². The van der Waals surface area contributed by atoms with E-state index < -0.39 is 17.4 Å². The zero-order valence-corrected chi connectivity index (χ0v) is 11.7. The van der Waals surface area contributed by atoms with Gasteiger partial charge in [-0.25, -0.2) is 13.8 Å². The van der Waals surface area contributed by atoms with Crippen LogP contribution in [0.15, 0.2) is 36.7 Å². The van der Waals surface area contributed by atoms with E-state index in [1.807, 2.05) is 0 Å². The second-order valence-electron chi connectivity index (χ2n) is 4.82. The summed E-state index contributed by atoms with van der Waals surface area (Å²) in [4.78, 5) is 18.6. The van der Waals surface area contributed by atoms with Gasteiger partial charge in [-0.15, -0.1) is 0 Å². The van der Waals surface area contributed by atoms with Gasteiger partial charge >= 0.3 is 0 Å². The van der Waals surface area contributed by atoms with E-state index >= 15 is 0 Å². The number of nitrogens with one attached hydrogen (secondary N) is 2. The summed E-state index contributed by atoms with van der Waals surface area (Å²) < 4.78 is 27.2. The van der Waals surface area contributed by atoms with Gasteiger partial charge in [0.1, 0.15) is 11.9 Å². The van der Waals surface area contributed by atoms with E-state index in [1.165, 1.54) is 24.4 Å². The molecule has 7 heteroatoms. The maximum Gasteiger partial charge on any atom is 0.273 e. The molecular weight excluding hydrogens is 302 g/mol. The molecule has 23 heavy (non-hydrogen) atoms. The molecule has 2 heterocycles. The number of H-pyrrole nitrogens is 1. The highest BCUT2D eigenvalue weighted by Gasteiger charge is 2.17. The lowest BCUT2D eigenvalue weighted by Gasteiger charge is -2.05. The molecular formula is C16H10F2N4O. The number of benzene rings is 1. The fourth-order valence-electron chi connectivity index (χ4n) is 2.24. The van der Waals surface area contributed by atoms with Crippen molar-refractivity contribution in [2.75, 3.05) is 0 Å². The molecule has 2 aromatic heterocycles. The Morgan fingerprint density at radius 2 is 2.17 bits per heavy atom. The van der Waals surface area contributed by atoms with Crippen molar-refractivity contribution < 1.29 is 13.6 Å². The average Bonchev–Trinajstić information content (AvgIpc) is 2.95. The monoisotopic (exact) mass is 312 g/mol. The minimum atomic E-state index is -0.961. The summed E-state index contributed by atoms with van der Waals surface area (Å²) in [5, 5.41) is 11.9. The summed E-state index contributed by atoms with van der Waals surface area (Å²) in [5.74, 6) is -2.10. The van der Waals surface area contributed by atoms with Crippen LogP contribution in [0.4, 0.5) is 8.78 Å². The molecule has 0 unspecified atom stereocenters. The quantitative estimate of drug-likeness (QED) is 0.780. The van der Waals surface area contributed by atoms with E-state index in [1.54, 1.807) is 18.3 Å². The number of carbonyl (C=O) groups is 1. The third kappa shape index (κ3) is 2.74. The predicted molar refractivity (Wildman–Crippen MR) is 78.3 cm³/mol. The number of hydrogen-bond donors (Lipinski definition) is 2. The van der Waals surface area contributed by atoms with E-state index in [0.717, 1.165) is 5.52 Å². The molecule has 0 spiro atoms. The maximum atomic E-state index is 13.9. The average molecular weight is 312 g/mol. The molecule has 0 bridgehead atoms. The van der Waals surface area contributed by atoms with E-state index in [0.29, 0.717) is 10.9 Å². The second-order valence-corrected chi connectivity index (χ2v) is 4.82. The molecule has 0 aliphatic rings. The van der Waals surface area contributed by atoms with E-state index in [4.69, 9.17) is 5.26 Å². The van der Waals surface area contributed by atoms with Crippen LogP contribution in [-0.2, 0) is 6.54 Å². The lowest BCUT2D eigenvalue weighted by molar-refractivity contribution is 0.0941. The van der Waals surface area contributed by atoms with Gasteiger partial charge < -0.3 is 10.3 Å². The van der Waals surface area contributed by atoms with Gasteiger partial charge in [0.25, 0.3) is 5.91 Å². The zero-order chi connectivity index (χ0) is 16.4. The maximum absolute atomic E-state index is 13.9. The highest BCUT2D eigenvalue weighted by Crippen LogP contribution is 2.19. The molecule has 0 aliphatic carbocycles. The molecule has 5 nitrogen and oxygen atoms in total. The largest absolute Gasteiger partial charge is 0.361 e. The van der Waals surface area contributed by atoms with E-state index in [-0.39, 0.29) is 17.9 Å². The molecule has 0 aliphatic heterocycles. The van der Waals surface area contributed by atoms with Crippen molar-refractivity contribution >= 4 is 16.8 Å². The van der Waals surface area contributed by atoms with Crippen LogP contribution >= 0.6 is 0 Å². The molecule has 0 fully saturated rings. The molecule has 114 valence electrons. The molecule has 3 rings (SSSR count). The van der Waals surface area contributed by atoms with Crippen molar-refractivity contribution in [3.05, 3.63) is 65.1 Å². The van der Waals surface area contributed by atoms with Crippen molar-refractivity contribution in [2.24, 2.45) is 0 Å². The van der Waals surface area contributed by atoms with Crippen LogP contribution in [0.2, 0.25) is 0 Å². The lowest BCUT2D eigenvalue weighted by atomic mass is 10.1. The third-order valence-corrected chi connectivity index (χ3v) is 3.39. The van der Waals surface area contributed by atoms with Gasteiger partial charge in [-0.05, 0) is 29.8 Å². The Morgan fingerprint density at radius 1 is 1.35 bits per heavy atom. The Labute approximate surface area is 129 Å². The third-order valence-electron chi connectivity index (χ3n) is 3.39. The standard InChI is InChI=1S/C16H10F2N4O/c17-11-1-2-13-12(5-11)10(7-21-13)8-22-16(23)15-14(18)9(6-19)3-4-20-15/h1-5,7,21H,8H2,(H,22,23). The number of nitriles is 1. The van der Waals surface area contributed by atoms with Gasteiger partial charge in [0.15, 0.2) is 11.5 Å². The van der Waals surface area contributed by atoms with Crippen LogP contribution < -0.4 is 5.32 Å². The molecule has 0 saturated heterocycles. The van der Waals surface area contributed by atoms with E-state index in [2.05, 4.69) is 15.3 Å². The zero-order valence-electron chi connectivity index (χ0n) is 11.7. The Morgan fingerprint density at radius 3 is 2.96 bits per heavy atom. The van der Waals surface area contributed by atoms with E-state index in [9.17, 15) is 13.6 Å². The van der Waals surface area contributed by atoms with Crippen LogP contribution in [0.25, 0.3) is 10.9 Å². The Balaban J connectivity index is 1.81. The molecule has 1 aromatic carbocycles. The van der Waals surface area contributed by atoms with Crippen molar-refractivity contribution in [2.45, 2.75) is 6.54 Å². The number of fused-ring (bicyclic) bond motifs is 1. The summed E-state index contributed by atoms with van der Waals surface area (Å²) in [6.45, 7) is 0.0696. The summed E-state index contributed by atoms with van der Waals surface area (Å²) >= 11 is 0. The van der Waals surface area contributed by atoms with Crippen molar-refractivity contribution in [3.63, 3.8) is 0 Å². The van der Waals surface area contributed by atoms with Gasteiger partial charge in [0.05, 0.1) is 5.56 Å². The molecule has 3 aromatic rings. The number of aromatic nitrogens is 2. The summed E-state index contributed by atoms with van der Waals surface area (Å²) in [6, 6.07) is 7.11. The topological polar surface area (TPSA) is 81.6 Å². The molecule has 1 amide bonds. The first-order valence-corrected chi connectivity index (χ1v) is 6.68. The number of carbonyl (C=O) groups excluding carboxylic acids is 1. The highest BCUT2D eigenvalue weighted by atomic mass is 19.1. The summed E-state index contributed by atoms with van der Waals surface area (Å²) in [6.07, 6.45) is 2.83. The first-order valence-electron chi connectivity index (χ1n) is 6.68. The second kappa shape index (κ2) is 5.85. The Kier molecular flexibility index (Phi) is 3.73. The van der Waals surface area contributed by atoms with Crippen LogP contribution in [0.1, 0.15) is 21.6 Å². The SMILES string of the molecule is N#Cc1ccnc(C(=O)NCc2c[nH]c3ccc(F)cc23)c1F. The lowest BCUT2D eigenvalue weighted by Crippen LogP contribution is -2.25. The van der Waals surface area contributed by atoms with Gasteiger partial charge in [-0.2, -0.15) is 5.26 Å².